The molecule has 5 unspecified atom stereocenters. The van der Waals surface area contributed by atoms with Crippen molar-refractivity contribution in [3.63, 3.8) is 0 Å². The Morgan fingerprint density at radius 2 is 2.19 bits per heavy atom. The van der Waals surface area contributed by atoms with Gasteiger partial charge in [-0.05, 0) is 62.1 Å². The maximum atomic E-state index is 12.5. The van der Waals surface area contributed by atoms with Crippen molar-refractivity contribution in [2.75, 3.05) is 0 Å². The van der Waals surface area contributed by atoms with E-state index in [0.717, 1.165) is 23.4 Å². The highest BCUT2D eigenvalue weighted by Crippen LogP contribution is 2.47. The maximum Gasteiger partial charge on any atom is 0.225 e. The van der Waals surface area contributed by atoms with Crippen molar-refractivity contribution >= 4 is 17.5 Å². The zero-order chi connectivity index (χ0) is 15.0. The molecule has 2 aliphatic rings. The third-order valence-corrected chi connectivity index (χ3v) is 5.34. The van der Waals surface area contributed by atoms with Crippen LogP contribution in [0.2, 0.25) is 5.02 Å². The first-order valence-corrected chi connectivity index (χ1v) is 8.23. The van der Waals surface area contributed by atoms with E-state index in [1.54, 1.807) is 0 Å². The van der Waals surface area contributed by atoms with Crippen molar-refractivity contribution in [1.82, 2.24) is 5.32 Å². The van der Waals surface area contributed by atoms with Gasteiger partial charge in [-0.15, -0.1) is 0 Å². The Balaban J connectivity index is 1.57. The third-order valence-electron chi connectivity index (χ3n) is 5.10. The van der Waals surface area contributed by atoms with Gasteiger partial charge in [-0.2, -0.15) is 0 Å². The number of fused-ring (bicyclic) bond motifs is 2. The summed E-state index contributed by atoms with van der Waals surface area (Å²) in [5, 5.41) is 3.88. The fourth-order valence-corrected chi connectivity index (χ4v) is 4.35. The van der Waals surface area contributed by atoms with Crippen LogP contribution in [-0.2, 0) is 11.2 Å². The number of hydrogen-bond donors (Lipinski definition) is 2. The lowest BCUT2D eigenvalue weighted by Gasteiger charge is -2.28. The van der Waals surface area contributed by atoms with Crippen LogP contribution in [0.5, 0.6) is 0 Å². The van der Waals surface area contributed by atoms with Crippen LogP contribution < -0.4 is 11.1 Å². The minimum Gasteiger partial charge on any atom is -0.353 e. The molecule has 21 heavy (non-hydrogen) atoms. The molecule has 2 bridgehead atoms. The zero-order valence-electron chi connectivity index (χ0n) is 12.4. The Morgan fingerprint density at radius 3 is 2.86 bits per heavy atom. The summed E-state index contributed by atoms with van der Waals surface area (Å²) in [6, 6.07) is 7.95. The van der Waals surface area contributed by atoms with E-state index in [1.165, 1.54) is 12.8 Å². The zero-order valence-corrected chi connectivity index (χ0v) is 13.1. The summed E-state index contributed by atoms with van der Waals surface area (Å²) in [7, 11) is 0. The van der Waals surface area contributed by atoms with Crippen LogP contribution in [0.3, 0.4) is 0 Å². The monoisotopic (exact) mass is 306 g/mol. The molecule has 0 heterocycles. The van der Waals surface area contributed by atoms with Crippen LogP contribution in [0.25, 0.3) is 0 Å². The number of halogens is 1. The van der Waals surface area contributed by atoms with Crippen molar-refractivity contribution in [3.8, 4) is 0 Å². The molecule has 3 rings (SSSR count). The molecular weight excluding hydrogens is 284 g/mol. The van der Waals surface area contributed by atoms with Crippen molar-refractivity contribution in [2.45, 2.75) is 44.7 Å². The molecule has 4 heteroatoms. The van der Waals surface area contributed by atoms with Gasteiger partial charge in [0.15, 0.2) is 0 Å². The highest BCUT2D eigenvalue weighted by molar-refractivity contribution is 6.30. The molecule has 1 aromatic rings. The molecule has 3 N–H and O–H groups in total. The van der Waals surface area contributed by atoms with E-state index in [-0.39, 0.29) is 23.9 Å². The number of carbonyl (C=O) groups excluding carboxylic acids is 1. The number of nitrogens with two attached hydrogens (primary N) is 1. The summed E-state index contributed by atoms with van der Waals surface area (Å²) in [5.74, 6) is 1.23. The van der Waals surface area contributed by atoms with Crippen LogP contribution in [-0.4, -0.2) is 18.0 Å². The predicted molar refractivity (Wildman–Crippen MR) is 85.1 cm³/mol. The van der Waals surface area contributed by atoms with Gasteiger partial charge in [0, 0.05) is 17.1 Å². The fourth-order valence-electron chi connectivity index (χ4n) is 4.13. The topological polar surface area (TPSA) is 55.1 Å². The highest BCUT2D eigenvalue weighted by Gasteiger charge is 2.49. The van der Waals surface area contributed by atoms with E-state index in [1.807, 2.05) is 31.2 Å². The maximum absolute atomic E-state index is 12.5. The van der Waals surface area contributed by atoms with Gasteiger partial charge in [0.05, 0.1) is 5.92 Å². The van der Waals surface area contributed by atoms with E-state index in [4.69, 9.17) is 17.3 Å². The Hall–Kier alpha value is -1.06. The summed E-state index contributed by atoms with van der Waals surface area (Å²) in [4.78, 5) is 12.5. The van der Waals surface area contributed by atoms with Gasteiger partial charge in [0.2, 0.25) is 5.91 Å². The SMILES string of the molecule is CC(Cc1cccc(Cl)c1)NC(=O)C1C2CCC(C2)C1N. The molecule has 0 spiro atoms. The number of nitrogens with one attached hydrogen (secondary N) is 1. The summed E-state index contributed by atoms with van der Waals surface area (Å²) in [5.41, 5.74) is 7.38. The van der Waals surface area contributed by atoms with Gasteiger partial charge >= 0.3 is 0 Å². The molecule has 2 fully saturated rings. The molecule has 1 amide bonds. The van der Waals surface area contributed by atoms with Crippen molar-refractivity contribution in [3.05, 3.63) is 34.9 Å². The smallest absolute Gasteiger partial charge is 0.225 e. The summed E-state index contributed by atoms with van der Waals surface area (Å²) >= 11 is 6.00. The van der Waals surface area contributed by atoms with E-state index in [0.29, 0.717) is 11.8 Å². The molecule has 0 aromatic heterocycles. The van der Waals surface area contributed by atoms with Gasteiger partial charge in [0.1, 0.15) is 0 Å². The molecule has 2 saturated carbocycles. The highest BCUT2D eigenvalue weighted by atomic mass is 35.5. The molecule has 0 radical (unpaired) electrons. The lowest BCUT2D eigenvalue weighted by molar-refractivity contribution is -0.127. The molecule has 3 nitrogen and oxygen atoms in total. The second-order valence-electron chi connectivity index (χ2n) is 6.68. The second kappa shape index (κ2) is 5.98. The summed E-state index contributed by atoms with van der Waals surface area (Å²) in [6.45, 7) is 2.04. The van der Waals surface area contributed by atoms with Gasteiger partial charge in [-0.25, -0.2) is 0 Å². The number of rotatable bonds is 4. The number of carbonyl (C=O) groups is 1. The van der Waals surface area contributed by atoms with Crippen molar-refractivity contribution < 1.29 is 4.79 Å². The minimum absolute atomic E-state index is 0.0190. The number of benzene rings is 1. The normalized spacial score (nSPS) is 32.1. The van der Waals surface area contributed by atoms with E-state index in [2.05, 4.69) is 5.32 Å². The molecular formula is C17H23ClN2O. The van der Waals surface area contributed by atoms with Gasteiger partial charge in [-0.3, -0.25) is 4.79 Å². The Morgan fingerprint density at radius 1 is 1.43 bits per heavy atom. The standard InChI is InChI=1S/C17H23ClN2O/c1-10(7-11-3-2-4-14(18)8-11)20-17(21)15-12-5-6-13(9-12)16(15)19/h2-4,8,10,12-13,15-16H,5-7,9,19H2,1H3,(H,20,21). The molecule has 2 aliphatic carbocycles. The lowest BCUT2D eigenvalue weighted by Crippen LogP contribution is -2.47. The molecule has 114 valence electrons. The number of amides is 1. The molecule has 5 atom stereocenters. The fraction of sp³-hybridized carbons (Fsp3) is 0.588. The van der Waals surface area contributed by atoms with Gasteiger partial charge in [0.25, 0.3) is 0 Å². The molecule has 0 aliphatic heterocycles. The first-order valence-electron chi connectivity index (χ1n) is 7.85. The average molecular weight is 307 g/mol. The Labute approximate surface area is 131 Å². The van der Waals surface area contributed by atoms with Crippen LogP contribution in [0.1, 0.15) is 31.7 Å². The molecule has 1 aromatic carbocycles. The van der Waals surface area contributed by atoms with E-state index in [9.17, 15) is 4.79 Å². The van der Waals surface area contributed by atoms with E-state index >= 15 is 0 Å². The number of hydrogen-bond acceptors (Lipinski definition) is 2. The molecule has 0 saturated heterocycles. The van der Waals surface area contributed by atoms with Gasteiger partial charge in [-0.1, -0.05) is 23.7 Å². The van der Waals surface area contributed by atoms with Crippen molar-refractivity contribution in [1.29, 1.82) is 0 Å². The predicted octanol–water partition coefficient (Wildman–Crippen LogP) is 2.76. The minimum atomic E-state index is 0.0190. The third kappa shape index (κ3) is 3.09. The van der Waals surface area contributed by atoms with Crippen LogP contribution >= 0.6 is 11.6 Å². The van der Waals surface area contributed by atoms with E-state index < -0.39 is 0 Å². The second-order valence-corrected chi connectivity index (χ2v) is 7.12. The van der Waals surface area contributed by atoms with Crippen LogP contribution in [0.15, 0.2) is 24.3 Å². The van der Waals surface area contributed by atoms with Gasteiger partial charge < -0.3 is 11.1 Å². The Kier molecular flexibility index (Phi) is 4.23. The van der Waals surface area contributed by atoms with Crippen LogP contribution in [0.4, 0.5) is 0 Å². The van der Waals surface area contributed by atoms with Crippen LogP contribution in [0, 0.1) is 17.8 Å². The lowest BCUT2D eigenvalue weighted by atomic mass is 9.84. The first kappa shape index (κ1) is 14.9. The quantitative estimate of drug-likeness (QED) is 0.898. The Bertz CT molecular complexity index is 531. The average Bonchev–Trinajstić information content (AvgIpc) is 2.98. The largest absolute Gasteiger partial charge is 0.353 e. The van der Waals surface area contributed by atoms with Crippen molar-refractivity contribution in [2.24, 2.45) is 23.5 Å². The summed E-state index contributed by atoms with van der Waals surface area (Å²) in [6.07, 6.45) is 4.30. The first-order chi connectivity index (χ1) is 10.0. The summed E-state index contributed by atoms with van der Waals surface area (Å²) < 4.78 is 0.